The highest BCUT2D eigenvalue weighted by molar-refractivity contribution is 6.06. The first-order valence-corrected chi connectivity index (χ1v) is 6.85. The van der Waals surface area contributed by atoms with Crippen molar-refractivity contribution in [2.75, 3.05) is 10.6 Å². The number of nitrogens with one attached hydrogen (secondary N) is 3. The number of anilines is 2. The Balaban J connectivity index is 1.68. The second-order valence-corrected chi connectivity index (χ2v) is 4.69. The number of carbonyl (C=O) groups is 1. The predicted molar refractivity (Wildman–Crippen MR) is 84.5 cm³/mol. The number of aromatic nitrogens is 3. The van der Waals surface area contributed by atoms with Crippen LogP contribution in [0.4, 0.5) is 11.4 Å². The molecule has 110 valence electrons. The van der Waals surface area contributed by atoms with Gasteiger partial charge < -0.3 is 10.6 Å². The van der Waals surface area contributed by atoms with Gasteiger partial charge in [0, 0.05) is 12.7 Å². The number of benzene rings is 1. The molecule has 1 aromatic carbocycles. The van der Waals surface area contributed by atoms with Gasteiger partial charge in [-0.25, -0.2) is 0 Å². The summed E-state index contributed by atoms with van der Waals surface area (Å²) in [6, 6.07) is 13.5. The number of hydrogen-bond acceptors (Lipinski definition) is 4. The first-order chi connectivity index (χ1) is 10.8. The number of aromatic amines is 1. The van der Waals surface area contributed by atoms with Crippen LogP contribution >= 0.6 is 0 Å². The van der Waals surface area contributed by atoms with E-state index in [9.17, 15) is 4.79 Å². The molecule has 0 radical (unpaired) electrons. The van der Waals surface area contributed by atoms with Gasteiger partial charge in [-0.1, -0.05) is 30.3 Å². The molecule has 0 saturated carbocycles. The van der Waals surface area contributed by atoms with Crippen molar-refractivity contribution in [3.63, 3.8) is 0 Å². The molecule has 2 heterocycles. The second kappa shape index (κ2) is 6.53. The first-order valence-electron chi connectivity index (χ1n) is 6.85. The van der Waals surface area contributed by atoms with Crippen LogP contribution in [0.25, 0.3) is 0 Å². The van der Waals surface area contributed by atoms with Gasteiger partial charge in [0.2, 0.25) is 0 Å². The highest BCUT2D eigenvalue weighted by atomic mass is 16.2. The molecule has 22 heavy (non-hydrogen) atoms. The largest absolute Gasteiger partial charge is 0.378 e. The Morgan fingerprint density at radius 3 is 2.73 bits per heavy atom. The highest BCUT2D eigenvalue weighted by Gasteiger charge is 2.14. The van der Waals surface area contributed by atoms with Crippen molar-refractivity contribution in [3.05, 3.63) is 72.3 Å². The Bertz CT molecular complexity index is 739. The molecule has 0 unspecified atom stereocenters. The van der Waals surface area contributed by atoms with Gasteiger partial charge in [0.05, 0.1) is 23.8 Å². The van der Waals surface area contributed by atoms with Crippen LogP contribution < -0.4 is 10.6 Å². The minimum Gasteiger partial charge on any atom is -0.378 e. The van der Waals surface area contributed by atoms with E-state index in [0.29, 0.717) is 23.6 Å². The molecule has 0 atom stereocenters. The predicted octanol–water partition coefficient (Wildman–Crippen LogP) is 2.67. The van der Waals surface area contributed by atoms with E-state index in [-0.39, 0.29) is 5.91 Å². The van der Waals surface area contributed by atoms with Gasteiger partial charge in [0.1, 0.15) is 5.69 Å². The molecule has 0 aliphatic heterocycles. The highest BCUT2D eigenvalue weighted by Crippen LogP contribution is 2.15. The average molecular weight is 293 g/mol. The van der Waals surface area contributed by atoms with Crippen molar-refractivity contribution in [3.8, 4) is 0 Å². The summed E-state index contributed by atoms with van der Waals surface area (Å²) in [5.41, 5.74) is 2.81. The van der Waals surface area contributed by atoms with E-state index in [4.69, 9.17) is 0 Å². The third-order valence-electron chi connectivity index (χ3n) is 3.11. The van der Waals surface area contributed by atoms with Crippen LogP contribution in [-0.4, -0.2) is 21.1 Å². The summed E-state index contributed by atoms with van der Waals surface area (Å²) in [4.78, 5) is 16.2. The van der Waals surface area contributed by atoms with Gasteiger partial charge in [0.25, 0.3) is 5.91 Å². The normalized spacial score (nSPS) is 10.2. The van der Waals surface area contributed by atoms with Crippen LogP contribution in [0.15, 0.2) is 61.1 Å². The molecule has 6 nitrogen and oxygen atoms in total. The minimum atomic E-state index is -0.263. The summed E-state index contributed by atoms with van der Waals surface area (Å²) in [7, 11) is 0. The summed E-state index contributed by atoms with van der Waals surface area (Å²) in [6.07, 6.45) is 4.84. The molecule has 1 amide bonds. The zero-order valence-electron chi connectivity index (χ0n) is 11.8. The van der Waals surface area contributed by atoms with Gasteiger partial charge in [0.15, 0.2) is 0 Å². The Hall–Kier alpha value is -3.15. The number of rotatable bonds is 5. The lowest BCUT2D eigenvalue weighted by Gasteiger charge is -2.07. The van der Waals surface area contributed by atoms with Crippen molar-refractivity contribution >= 4 is 17.3 Å². The van der Waals surface area contributed by atoms with E-state index in [1.807, 2.05) is 30.3 Å². The zero-order valence-corrected chi connectivity index (χ0v) is 11.8. The molecule has 0 saturated heterocycles. The quantitative estimate of drug-likeness (QED) is 0.675. The molecule has 2 aromatic heterocycles. The smallest absolute Gasteiger partial charge is 0.275 e. The number of H-pyrrole nitrogens is 1. The van der Waals surface area contributed by atoms with Gasteiger partial charge in [-0.05, 0) is 17.7 Å². The summed E-state index contributed by atoms with van der Waals surface area (Å²) in [5.74, 6) is -0.263. The third kappa shape index (κ3) is 3.29. The Morgan fingerprint density at radius 2 is 1.95 bits per heavy atom. The van der Waals surface area contributed by atoms with Gasteiger partial charge in [-0.15, -0.1) is 0 Å². The number of pyridine rings is 1. The maximum absolute atomic E-state index is 12.3. The van der Waals surface area contributed by atoms with Crippen LogP contribution in [-0.2, 0) is 6.54 Å². The lowest BCUT2D eigenvalue weighted by molar-refractivity contribution is 0.102. The van der Waals surface area contributed by atoms with E-state index in [2.05, 4.69) is 25.8 Å². The van der Waals surface area contributed by atoms with Gasteiger partial charge in [-0.3, -0.25) is 14.9 Å². The fourth-order valence-corrected chi connectivity index (χ4v) is 2.02. The van der Waals surface area contributed by atoms with Crippen molar-refractivity contribution in [1.29, 1.82) is 0 Å². The van der Waals surface area contributed by atoms with Crippen LogP contribution in [0.1, 0.15) is 16.1 Å². The van der Waals surface area contributed by atoms with Crippen molar-refractivity contribution in [2.45, 2.75) is 6.54 Å². The van der Waals surface area contributed by atoms with Crippen molar-refractivity contribution < 1.29 is 4.79 Å². The summed E-state index contributed by atoms with van der Waals surface area (Å²) < 4.78 is 0. The number of nitrogens with zero attached hydrogens (tertiary/aromatic N) is 2. The van der Waals surface area contributed by atoms with Crippen LogP contribution in [0, 0.1) is 0 Å². The molecule has 0 bridgehead atoms. The molecule has 0 aliphatic rings. The van der Waals surface area contributed by atoms with E-state index < -0.39 is 0 Å². The maximum atomic E-state index is 12.3. The standard InChI is InChI=1S/C16H15N5O/c22-16(20-13-7-4-8-17-10-13)15-14(11-19-21-15)18-9-12-5-2-1-3-6-12/h1-8,10-11,18H,9H2,(H,19,21)(H,20,22). The summed E-state index contributed by atoms with van der Waals surface area (Å²) >= 11 is 0. The molecule has 3 N–H and O–H groups in total. The van der Waals surface area contributed by atoms with Crippen LogP contribution in [0.2, 0.25) is 0 Å². The van der Waals surface area contributed by atoms with E-state index >= 15 is 0 Å². The zero-order chi connectivity index (χ0) is 15.2. The van der Waals surface area contributed by atoms with Crippen molar-refractivity contribution in [2.24, 2.45) is 0 Å². The minimum absolute atomic E-state index is 0.263. The molecule has 6 heteroatoms. The van der Waals surface area contributed by atoms with Crippen LogP contribution in [0.3, 0.4) is 0 Å². The Morgan fingerprint density at radius 1 is 1.09 bits per heavy atom. The summed E-state index contributed by atoms with van der Waals surface area (Å²) in [5, 5.41) is 12.6. The lowest BCUT2D eigenvalue weighted by Crippen LogP contribution is -2.15. The molecule has 3 rings (SSSR count). The number of amides is 1. The Labute approximate surface area is 127 Å². The van der Waals surface area contributed by atoms with Gasteiger partial charge in [-0.2, -0.15) is 5.10 Å². The average Bonchev–Trinajstić information content (AvgIpc) is 3.03. The fourth-order valence-electron chi connectivity index (χ4n) is 2.02. The molecular formula is C16H15N5O. The molecule has 0 fully saturated rings. The van der Waals surface area contributed by atoms with E-state index in [1.54, 1.807) is 30.7 Å². The monoisotopic (exact) mass is 293 g/mol. The maximum Gasteiger partial charge on any atom is 0.275 e. The lowest BCUT2D eigenvalue weighted by atomic mass is 10.2. The molecule has 0 spiro atoms. The molecule has 3 aromatic rings. The second-order valence-electron chi connectivity index (χ2n) is 4.69. The SMILES string of the molecule is O=C(Nc1cccnc1)c1[nH]ncc1NCc1ccccc1. The van der Waals surface area contributed by atoms with E-state index in [0.717, 1.165) is 5.56 Å². The fraction of sp³-hybridized carbons (Fsp3) is 0.0625. The van der Waals surface area contributed by atoms with Gasteiger partial charge >= 0.3 is 0 Å². The summed E-state index contributed by atoms with van der Waals surface area (Å²) in [6.45, 7) is 0.619. The third-order valence-corrected chi connectivity index (χ3v) is 3.11. The Kier molecular flexibility index (Phi) is 4.10. The molecular weight excluding hydrogens is 278 g/mol. The number of hydrogen-bond donors (Lipinski definition) is 3. The van der Waals surface area contributed by atoms with Crippen LogP contribution in [0.5, 0.6) is 0 Å². The first kappa shape index (κ1) is 13.8. The number of carbonyl (C=O) groups excluding carboxylic acids is 1. The molecule has 0 aliphatic carbocycles. The van der Waals surface area contributed by atoms with Crippen molar-refractivity contribution in [1.82, 2.24) is 15.2 Å². The topological polar surface area (TPSA) is 82.7 Å². The van der Waals surface area contributed by atoms with E-state index in [1.165, 1.54) is 0 Å².